The summed E-state index contributed by atoms with van der Waals surface area (Å²) in [5.41, 5.74) is 0.141. The van der Waals surface area contributed by atoms with Gasteiger partial charge in [-0.2, -0.15) is 0 Å². The monoisotopic (exact) mass is 157 g/mol. The summed E-state index contributed by atoms with van der Waals surface area (Å²) in [6.45, 7) is 0. The fourth-order valence-electron chi connectivity index (χ4n) is 0.788. The van der Waals surface area contributed by atoms with E-state index in [9.17, 15) is 13.9 Å². The second kappa shape index (κ2) is 3.44. The molecular formula is C8H7F2O. The molecule has 1 nitrogen and oxygen atoms in total. The van der Waals surface area contributed by atoms with E-state index >= 15 is 0 Å². The van der Waals surface area contributed by atoms with Gasteiger partial charge in [0.15, 0.2) is 6.10 Å². The molecule has 0 saturated carbocycles. The van der Waals surface area contributed by atoms with E-state index in [4.69, 9.17) is 0 Å². The Kier molecular flexibility index (Phi) is 2.54. The van der Waals surface area contributed by atoms with Gasteiger partial charge in [-0.3, -0.25) is 0 Å². The van der Waals surface area contributed by atoms with E-state index in [1.165, 1.54) is 12.1 Å². The van der Waals surface area contributed by atoms with Crippen LogP contribution in [0.25, 0.3) is 0 Å². The summed E-state index contributed by atoms with van der Waals surface area (Å²) in [7, 11) is 0. The highest BCUT2D eigenvalue weighted by Gasteiger charge is 2.20. The van der Waals surface area contributed by atoms with Gasteiger partial charge in [0.05, 0.1) is 0 Å². The number of rotatable bonds is 2. The van der Waals surface area contributed by atoms with Gasteiger partial charge in [-0.25, -0.2) is 13.9 Å². The molecule has 0 heterocycles. The minimum absolute atomic E-state index is 0.141. The lowest BCUT2D eigenvalue weighted by atomic mass is 10.1. The van der Waals surface area contributed by atoms with Crippen LogP contribution >= 0.6 is 0 Å². The maximum Gasteiger partial charge on any atom is 0.271 e. The fourth-order valence-corrected chi connectivity index (χ4v) is 0.788. The third-order valence-electron chi connectivity index (χ3n) is 1.36. The number of halogens is 2. The van der Waals surface area contributed by atoms with Crippen molar-refractivity contribution in [3.8, 4) is 0 Å². The van der Waals surface area contributed by atoms with Gasteiger partial charge in [0.2, 0.25) is 0 Å². The molecule has 0 fully saturated rings. The molecule has 1 aromatic carbocycles. The Hall–Kier alpha value is -0.960. The van der Waals surface area contributed by atoms with Crippen LogP contribution in [0.3, 0.4) is 0 Å². The van der Waals surface area contributed by atoms with Crippen molar-refractivity contribution >= 4 is 0 Å². The molecule has 0 aliphatic carbocycles. The Morgan fingerprint density at radius 3 is 2.09 bits per heavy atom. The molecule has 0 N–H and O–H groups in total. The van der Waals surface area contributed by atoms with Crippen molar-refractivity contribution < 1.29 is 13.9 Å². The molecular weight excluding hydrogens is 150 g/mol. The average Bonchev–Trinajstić information content (AvgIpc) is 2.05. The molecule has 0 amide bonds. The summed E-state index contributed by atoms with van der Waals surface area (Å²) in [6.07, 6.45) is -4.73. The maximum absolute atomic E-state index is 11.8. The molecule has 59 valence electrons. The minimum atomic E-state index is -2.82. The van der Waals surface area contributed by atoms with Crippen molar-refractivity contribution in [2.45, 2.75) is 12.5 Å². The van der Waals surface area contributed by atoms with Crippen molar-refractivity contribution in [2.75, 3.05) is 0 Å². The number of hydrogen-bond donors (Lipinski definition) is 0. The molecule has 0 aromatic heterocycles. The molecule has 1 rings (SSSR count). The Bertz CT molecular complexity index is 211. The topological polar surface area (TPSA) is 19.9 Å². The van der Waals surface area contributed by atoms with Gasteiger partial charge in [-0.1, -0.05) is 30.3 Å². The molecule has 0 spiro atoms. The Labute approximate surface area is 63.3 Å². The molecule has 1 radical (unpaired) electrons. The van der Waals surface area contributed by atoms with Gasteiger partial charge in [-0.05, 0) is 5.56 Å². The van der Waals surface area contributed by atoms with Crippen molar-refractivity contribution in [3.63, 3.8) is 0 Å². The molecule has 1 aromatic rings. The SMILES string of the molecule is [O]C(c1ccccc1)C(F)F. The quantitative estimate of drug-likeness (QED) is 0.628. The summed E-state index contributed by atoms with van der Waals surface area (Å²) in [6, 6.07) is 7.64. The van der Waals surface area contributed by atoms with E-state index in [2.05, 4.69) is 0 Å². The molecule has 0 bridgehead atoms. The summed E-state index contributed by atoms with van der Waals surface area (Å²) < 4.78 is 23.6. The van der Waals surface area contributed by atoms with Gasteiger partial charge in [0.1, 0.15) is 0 Å². The van der Waals surface area contributed by atoms with Crippen LogP contribution < -0.4 is 0 Å². The first kappa shape index (κ1) is 8.14. The van der Waals surface area contributed by atoms with E-state index in [0.29, 0.717) is 0 Å². The first-order chi connectivity index (χ1) is 5.22. The molecule has 11 heavy (non-hydrogen) atoms. The van der Waals surface area contributed by atoms with Gasteiger partial charge in [0, 0.05) is 0 Å². The van der Waals surface area contributed by atoms with Crippen LogP contribution in [0.5, 0.6) is 0 Å². The van der Waals surface area contributed by atoms with Crippen LogP contribution in [0, 0.1) is 0 Å². The Morgan fingerprint density at radius 2 is 1.64 bits per heavy atom. The summed E-state index contributed by atoms with van der Waals surface area (Å²) in [5, 5.41) is 10.7. The highest BCUT2D eigenvalue weighted by atomic mass is 19.3. The standard InChI is InChI=1S/C8H7F2O/c9-8(10)7(11)6-4-2-1-3-5-6/h1-5,7-8H. The van der Waals surface area contributed by atoms with Crippen LogP contribution in [-0.4, -0.2) is 6.43 Å². The summed E-state index contributed by atoms with van der Waals surface area (Å²) in [5.74, 6) is 0. The highest BCUT2D eigenvalue weighted by Crippen LogP contribution is 2.19. The average molecular weight is 157 g/mol. The predicted molar refractivity (Wildman–Crippen MR) is 35.9 cm³/mol. The minimum Gasteiger partial charge on any atom is -0.222 e. The lowest BCUT2D eigenvalue weighted by Crippen LogP contribution is -2.05. The zero-order chi connectivity index (χ0) is 8.27. The second-order valence-electron chi connectivity index (χ2n) is 2.17. The van der Waals surface area contributed by atoms with Gasteiger partial charge < -0.3 is 0 Å². The van der Waals surface area contributed by atoms with Crippen molar-refractivity contribution in [3.05, 3.63) is 35.9 Å². The zero-order valence-corrected chi connectivity index (χ0v) is 5.71. The van der Waals surface area contributed by atoms with Crippen LogP contribution in [0.1, 0.15) is 11.7 Å². The largest absolute Gasteiger partial charge is 0.271 e. The summed E-state index contributed by atoms with van der Waals surface area (Å²) >= 11 is 0. The molecule has 0 saturated heterocycles. The first-order valence-corrected chi connectivity index (χ1v) is 3.20. The fraction of sp³-hybridized carbons (Fsp3) is 0.250. The van der Waals surface area contributed by atoms with Crippen molar-refractivity contribution in [1.82, 2.24) is 0 Å². The van der Waals surface area contributed by atoms with Crippen LogP contribution in [0.2, 0.25) is 0 Å². The first-order valence-electron chi connectivity index (χ1n) is 3.20. The Morgan fingerprint density at radius 1 is 1.09 bits per heavy atom. The molecule has 0 aliphatic heterocycles. The summed E-state index contributed by atoms with van der Waals surface area (Å²) in [4.78, 5) is 0. The van der Waals surface area contributed by atoms with E-state index in [1.54, 1.807) is 18.2 Å². The van der Waals surface area contributed by atoms with Crippen molar-refractivity contribution in [1.29, 1.82) is 0 Å². The Balaban J connectivity index is 2.77. The number of alkyl halides is 2. The third kappa shape index (κ3) is 1.98. The smallest absolute Gasteiger partial charge is 0.222 e. The van der Waals surface area contributed by atoms with E-state index in [-0.39, 0.29) is 5.56 Å². The van der Waals surface area contributed by atoms with E-state index in [0.717, 1.165) is 0 Å². The number of hydrogen-bond acceptors (Lipinski definition) is 0. The van der Waals surface area contributed by atoms with Gasteiger partial charge in [0.25, 0.3) is 6.43 Å². The molecule has 0 aliphatic rings. The molecule has 3 heteroatoms. The molecule has 1 unspecified atom stereocenters. The highest BCUT2D eigenvalue weighted by molar-refractivity contribution is 5.17. The van der Waals surface area contributed by atoms with Gasteiger partial charge >= 0.3 is 0 Å². The van der Waals surface area contributed by atoms with E-state index < -0.39 is 12.5 Å². The predicted octanol–water partition coefficient (Wildman–Crippen LogP) is 2.42. The van der Waals surface area contributed by atoms with Crippen LogP contribution in [-0.2, 0) is 5.11 Å². The number of benzene rings is 1. The van der Waals surface area contributed by atoms with Crippen molar-refractivity contribution in [2.24, 2.45) is 0 Å². The van der Waals surface area contributed by atoms with Crippen LogP contribution in [0.15, 0.2) is 30.3 Å². The normalized spacial score (nSPS) is 13.5. The van der Waals surface area contributed by atoms with E-state index in [1.807, 2.05) is 0 Å². The third-order valence-corrected chi connectivity index (χ3v) is 1.36. The zero-order valence-electron chi connectivity index (χ0n) is 5.71. The van der Waals surface area contributed by atoms with Crippen LogP contribution in [0.4, 0.5) is 8.78 Å². The molecule has 1 atom stereocenters. The lowest BCUT2D eigenvalue weighted by Gasteiger charge is -2.05. The van der Waals surface area contributed by atoms with Gasteiger partial charge in [-0.15, -0.1) is 0 Å². The second-order valence-corrected chi connectivity index (χ2v) is 2.17. The maximum atomic E-state index is 11.8. The lowest BCUT2D eigenvalue weighted by molar-refractivity contribution is -0.0481.